The number of amides is 1. The summed E-state index contributed by atoms with van der Waals surface area (Å²) in [6.07, 6.45) is 1.81. The average Bonchev–Trinajstić information content (AvgIpc) is 2.90. The molecule has 0 spiro atoms. The summed E-state index contributed by atoms with van der Waals surface area (Å²) in [5, 5.41) is 8.26. The fraction of sp³-hybridized carbons (Fsp3) is 0.176. The van der Waals surface area contributed by atoms with Crippen LogP contribution in [0, 0.1) is 6.92 Å². The van der Waals surface area contributed by atoms with Gasteiger partial charge in [0.2, 0.25) is 5.91 Å². The molecule has 7 heteroatoms. The lowest BCUT2D eigenvalue weighted by Gasteiger charge is -2.09. The van der Waals surface area contributed by atoms with E-state index in [0.717, 1.165) is 16.6 Å². The van der Waals surface area contributed by atoms with Gasteiger partial charge in [-0.2, -0.15) is 18.6 Å². The number of rotatable bonds is 3. The van der Waals surface area contributed by atoms with Crippen molar-refractivity contribution in [1.29, 1.82) is 0 Å². The van der Waals surface area contributed by atoms with Gasteiger partial charge in [-0.05, 0) is 49.7 Å². The Bertz CT molecular complexity index is 847. The zero-order chi connectivity index (χ0) is 15.7. The van der Waals surface area contributed by atoms with Crippen LogP contribution in [0.15, 0.2) is 48.7 Å². The molecule has 0 fully saturated rings. The Morgan fingerprint density at radius 3 is 2.67 bits per heavy atom. The third-order valence-electron chi connectivity index (χ3n) is 3.50. The molecule has 0 radical (unpaired) electrons. The average molecular weight is 365 g/mol. The number of nitrogens with zero attached hydrogens (tertiary/aromatic N) is 2. The summed E-state index contributed by atoms with van der Waals surface area (Å²) >= 11 is 0. The number of fused-ring (bicyclic) bond motifs is 1. The van der Waals surface area contributed by atoms with Crippen LogP contribution in [0.2, 0.25) is 0 Å². The zero-order valence-corrected chi connectivity index (χ0v) is 15.3. The molecule has 0 aliphatic rings. The van der Waals surface area contributed by atoms with Gasteiger partial charge in [0.25, 0.3) is 0 Å². The Balaban J connectivity index is 0.00000144. The van der Waals surface area contributed by atoms with Crippen molar-refractivity contribution in [3.8, 4) is 5.69 Å². The van der Waals surface area contributed by atoms with Crippen LogP contribution in [0.4, 0.5) is 5.69 Å². The molecule has 0 unspecified atom stereocenters. The first kappa shape index (κ1) is 20.0. The van der Waals surface area contributed by atoms with E-state index in [9.17, 15) is 4.79 Å². The van der Waals surface area contributed by atoms with Crippen molar-refractivity contribution >= 4 is 48.4 Å². The number of hydrogen-bond donors (Lipinski definition) is 2. The second-order valence-corrected chi connectivity index (χ2v) is 5.45. The standard InChI is InChI=1S/C17H18N4O.ClH.H2S/c1-11-4-3-5-15(8-11)21-16-9-14(20-17(22)12(2)18)7-6-13(16)10-19-21;;/h3-10,12H,18H2,1-2H3,(H,20,22);1H;1H2/t12-;;/m0../s1. The molecule has 1 heterocycles. The number of benzene rings is 2. The van der Waals surface area contributed by atoms with E-state index in [1.165, 1.54) is 5.56 Å². The van der Waals surface area contributed by atoms with Crippen molar-refractivity contribution in [1.82, 2.24) is 9.78 Å². The molecule has 2 aromatic carbocycles. The molecule has 5 nitrogen and oxygen atoms in total. The minimum Gasteiger partial charge on any atom is -0.325 e. The summed E-state index contributed by atoms with van der Waals surface area (Å²) in [4.78, 5) is 11.7. The SMILES string of the molecule is Cc1cccc(-n2ncc3ccc(NC(=O)[C@H](C)N)cc32)c1.Cl.S. The van der Waals surface area contributed by atoms with Crippen molar-refractivity contribution in [2.75, 3.05) is 5.32 Å². The fourth-order valence-electron chi connectivity index (χ4n) is 2.32. The third-order valence-corrected chi connectivity index (χ3v) is 3.50. The topological polar surface area (TPSA) is 72.9 Å². The minimum absolute atomic E-state index is 0. The van der Waals surface area contributed by atoms with Crippen LogP contribution >= 0.6 is 25.9 Å². The van der Waals surface area contributed by atoms with Crippen LogP contribution in [0.1, 0.15) is 12.5 Å². The van der Waals surface area contributed by atoms with Crippen LogP contribution in [0.5, 0.6) is 0 Å². The molecule has 0 saturated carbocycles. The van der Waals surface area contributed by atoms with Gasteiger partial charge in [0.15, 0.2) is 0 Å². The van der Waals surface area contributed by atoms with Gasteiger partial charge in [-0.3, -0.25) is 4.79 Å². The Hall–Kier alpha value is -2.02. The highest BCUT2D eigenvalue weighted by Gasteiger charge is 2.10. The summed E-state index contributed by atoms with van der Waals surface area (Å²) in [5.74, 6) is -0.207. The summed E-state index contributed by atoms with van der Waals surface area (Å²) in [7, 11) is 0. The van der Waals surface area contributed by atoms with Crippen LogP contribution in [-0.2, 0) is 4.79 Å². The Morgan fingerprint density at radius 2 is 2.00 bits per heavy atom. The molecule has 1 amide bonds. The Kier molecular flexibility index (Phi) is 6.83. The summed E-state index contributed by atoms with van der Waals surface area (Å²) in [6.45, 7) is 3.70. The van der Waals surface area contributed by atoms with Gasteiger partial charge in [0, 0.05) is 11.1 Å². The highest BCUT2D eigenvalue weighted by molar-refractivity contribution is 7.59. The van der Waals surface area contributed by atoms with E-state index in [-0.39, 0.29) is 31.8 Å². The van der Waals surface area contributed by atoms with Gasteiger partial charge in [-0.25, -0.2) is 4.68 Å². The maximum Gasteiger partial charge on any atom is 0.240 e. The Labute approximate surface area is 154 Å². The second-order valence-electron chi connectivity index (χ2n) is 5.45. The highest BCUT2D eigenvalue weighted by atomic mass is 35.5. The largest absolute Gasteiger partial charge is 0.325 e. The number of nitrogens with one attached hydrogen (secondary N) is 1. The van der Waals surface area contributed by atoms with Crippen LogP contribution in [-0.4, -0.2) is 21.7 Å². The molecular weight excluding hydrogens is 344 g/mol. The van der Waals surface area contributed by atoms with Gasteiger partial charge in [-0.1, -0.05) is 12.1 Å². The van der Waals surface area contributed by atoms with Gasteiger partial charge in [0.05, 0.1) is 23.4 Å². The quantitative estimate of drug-likeness (QED) is 0.749. The second kappa shape index (κ2) is 8.19. The van der Waals surface area contributed by atoms with Crippen molar-refractivity contribution in [2.45, 2.75) is 19.9 Å². The maximum absolute atomic E-state index is 11.7. The number of aryl methyl sites for hydroxylation is 1. The summed E-state index contributed by atoms with van der Waals surface area (Å²) < 4.78 is 1.86. The van der Waals surface area contributed by atoms with Gasteiger partial charge < -0.3 is 11.1 Å². The van der Waals surface area contributed by atoms with Crippen molar-refractivity contribution in [2.24, 2.45) is 5.73 Å². The number of carbonyl (C=O) groups is 1. The molecule has 0 saturated heterocycles. The van der Waals surface area contributed by atoms with Gasteiger partial charge in [-0.15, -0.1) is 12.4 Å². The van der Waals surface area contributed by atoms with Crippen LogP contribution in [0.3, 0.4) is 0 Å². The first-order valence-electron chi connectivity index (χ1n) is 7.16. The van der Waals surface area contributed by atoms with E-state index < -0.39 is 6.04 Å². The molecule has 1 atom stereocenters. The van der Waals surface area contributed by atoms with Crippen molar-refractivity contribution in [3.63, 3.8) is 0 Å². The number of carbonyl (C=O) groups excluding carboxylic acids is 1. The highest BCUT2D eigenvalue weighted by Crippen LogP contribution is 2.22. The zero-order valence-electron chi connectivity index (χ0n) is 13.5. The predicted molar refractivity (Wildman–Crippen MR) is 106 cm³/mol. The monoisotopic (exact) mass is 364 g/mol. The molecular formula is C17H21ClN4OS. The normalized spacial score (nSPS) is 11.3. The van der Waals surface area contributed by atoms with Gasteiger partial charge >= 0.3 is 0 Å². The molecule has 3 rings (SSSR count). The minimum atomic E-state index is -0.544. The van der Waals surface area contributed by atoms with Gasteiger partial charge in [0.1, 0.15) is 0 Å². The number of aromatic nitrogens is 2. The lowest BCUT2D eigenvalue weighted by Crippen LogP contribution is -2.32. The molecule has 3 N–H and O–H groups in total. The number of hydrogen-bond acceptors (Lipinski definition) is 3. The fourth-order valence-corrected chi connectivity index (χ4v) is 2.32. The van der Waals surface area contributed by atoms with E-state index in [1.807, 2.05) is 54.2 Å². The van der Waals surface area contributed by atoms with Crippen LogP contribution < -0.4 is 11.1 Å². The van der Waals surface area contributed by atoms with E-state index >= 15 is 0 Å². The number of nitrogens with two attached hydrogens (primary N) is 1. The van der Waals surface area contributed by atoms with E-state index in [1.54, 1.807) is 6.92 Å². The van der Waals surface area contributed by atoms with E-state index in [0.29, 0.717) is 5.69 Å². The molecule has 1 aromatic heterocycles. The maximum atomic E-state index is 11.7. The summed E-state index contributed by atoms with van der Waals surface area (Å²) in [5.41, 5.74) is 9.40. The smallest absolute Gasteiger partial charge is 0.240 e. The predicted octanol–water partition coefficient (Wildman–Crippen LogP) is 3.15. The lowest BCUT2D eigenvalue weighted by molar-refractivity contribution is -0.117. The molecule has 128 valence electrons. The first-order chi connectivity index (χ1) is 10.5. The Morgan fingerprint density at radius 1 is 1.25 bits per heavy atom. The number of anilines is 1. The summed E-state index contributed by atoms with van der Waals surface area (Å²) in [6, 6.07) is 13.3. The van der Waals surface area contributed by atoms with Crippen molar-refractivity contribution < 1.29 is 4.79 Å². The lowest BCUT2D eigenvalue weighted by atomic mass is 10.2. The molecule has 0 aliphatic heterocycles. The third kappa shape index (κ3) is 4.08. The molecule has 3 aromatic rings. The van der Waals surface area contributed by atoms with Crippen LogP contribution in [0.25, 0.3) is 16.6 Å². The number of halogens is 1. The van der Waals surface area contributed by atoms with E-state index in [4.69, 9.17) is 5.73 Å². The molecule has 0 aliphatic carbocycles. The first-order valence-corrected chi connectivity index (χ1v) is 7.16. The molecule has 24 heavy (non-hydrogen) atoms. The van der Waals surface area contributed by atoms with E-state index in [2.05, 4.69) is 16.5 Å². The van der Waals surface area contributed by atoms with Crippen molar-refractivity contribution in [3.05, 3.63) is 54.2 Å². The molecule has 0 bridgehead atoms.